The van der Waals surface area contributed by atoms with E-state index < -0.39 is 0 Å². The summed E-state index contributed by atoms with van der Waals surface area (Å²) in [7, 11) is 2.22. The summed E-state index contributed by atoms with van der Waals surface area (Å²) in [4.78, 5) is 6.78. The summed E-state index contributed by atoms with van der Waals surface area (Å²) in [6.07, 6.45) is 7.17. The maximum Gasteiger partial charge on any atom is 0.136 e. The van der Waals surface area contributed by atoms with Crippen molar-refractivity contribution >= 4 is 5.65 Å². The number of imidazole rings is 1. The highest BCUT2D eigenvalue weighted by molar-refractivity contribution is 5.66. The molecule has 2 aromatic heterocycles. The Morgan fingerprint density at radius 1 is 0.963 bits per heavy atom. The third-order valence-electron chi connectivity index (χ3n) is 5.68. The normalized spacial score (nSPS) is 17.6. The van der Waals surface area contributed by atoms with Crippen LogP contribution in [0.4, 0.5) is 0 Å². The van der Waals surface area contributed by atoms with Gasteiger partial charge in [-0.15, -0.1) is 0 Å². The number of fused-ring (bicyclic) bond motifs is 2. The van der Waals surface area contributed by atoms with E-state index in [1.54, 1.807) is 0 Å². The summed E-state index contributed by atoms with van der Waals surface area (Å²) < 4.78 is 2.08. The van der Waals surface area contributed by atoms with Crippen LogP contribution in [0.2, 0.25) is 0 Å². The molecule has 0 bridgehead atoms. The van der Waals surface area contributed by atoms with Crippen LogP contribution in [0.5, 0.6) is 0 Å². The van der Waals surface area contributed by atoms with Crippen molar-refractivity contribution in [2.75, 3.05) is 13.6 Å². The Hall–Kier alpha value is -2.91. The molecule has 1 unspecified atom stereocenters. The molecule has 3 heteroatoms. The topological polar surface area (TPSA) is 20.5 Å². The van der Waals surface area contributed by atoms with Crippen LogP contribution in [0.15, 0.2) is 79.3 Å². The second-order valence-electron chi connectivity index (χ2n) is 7.51. The van der Waals surface area contributed by atoms with Crippen molar-refractivity contribution in [1.29, 1.82) is 0 Å². The first-order valence-electron chi connectivity index (χ1n) is 9.57. The molecule has 5 rings (SSSR count). The molecule has 4 aromatic rings. The largest absolute Gasteiger partial charge is 0.306 e. The lowest BCUT2D eigenvalue weighted by atomic mass is 9.85. The molecule has 0 saturated heterocycles. The molecule has 0 radical (unpaired) electrons. The van der Waals surface area contributed by atoms with Crippen LogP contribution in [-0.4, -0.2) is 27.9 Å². The Balaban J connectivity index is 1.59. The molecule has 0 aliphatic carbocycles. The van der Waals surface area contributed by atoms with Crippen LogP contribution in [-0.2, 0) is 6.54 Å². The highest BCUT2D eigenvalue weighted by atomic mass is 15.1. The van der Waals surface area contributed by atoms with Gasteiger partial charge >= 0.3 is 0 Å². The smallest absolute Gasteiger partial charge is 0.136 e. The van der Waals surface area contributed by atoms with Crippen LogP contribution < -0.4 is 0 Å². The van der Waals surface area contributed by atoms with E-state index in [1.165, 1.54) is 27.8 Å². The molecule has 134 valence electrons. The fraction of sp³-hybridized carbons (Fsp3) is 0.208. The quantitative estimate of drug-likeness (QED) is 0.507. The average Bonchev–Trinajstić information content (AvgIpc) is 3.10. The minimum Gasteiger partial charge on any atom is -0.306 e. The minimum absolute atomic E-state index is 0.469. The van der Waals surface area contributed by atoms with E-state index in [0.29, 0.717) is 5.92 Å². The fourth-order valence-electron chi connectivity index (χ4n) is 4.26. The highest BCUT2D eigenvalue weighted by Crippen LogP contribution is 2.35. The van der Waals surface area contributed by atoms with E-state index in [0.717, 1.165) is 25.2 Å². The third-order valence-corrected chi connectivity index (χ3v) is 5.68. The van der Waals surface area contributed by atoms with Gasteiger partial charge in [0.1, 0.15) is 5.65 Å². The molecule has 3 heterocycles. The van der Waals surface area contributed by atoms with Gasteiger partial charge in [-0.05, 0) is 66.0 Å². The minimum atomic E-state index is 0.469. The molecule has 0 N–H and O–H groups in total. The maximum absolute atomic E-state index is 4.35. The Morgan fingerprint density at radius 2 is 1.81 bits per heavy atom. The average molecular weight is 353 g/mol. The molecule has 1 aliphatic heterocycles. The molecule has 2 aromatic carbocycles. The van der Waals surface area contributed by atoms with Crippen molar-refractivity contribution in [1.82, 2.24) is 14.3 Å². The third kappa shape index (κ3) is 3.04. The van der Waals surface area contributed by atoms with Gasteiger partial charge in [0.05, 0.1) is 0 Å². The monoisotopic (exact) mass is 353 g/mol. The van der Waals surface area contributed by atoms with Gasteiger partial charge in [0, 0.05) is 31.1 Å². The zero-order chi connectivity index (χ0) is 18.2. The van der Waals surface area contributed by atoms with Crippen molar-refractivity contribution in [2.45, 2.75) is 18.9 Å². The van der Waals surface area contributed by atoms with Gasteiger partial charge in [-0.25, -0.2) is 4.98 Å². The molecule has 1 atom stereocenters. The molecule has 0 fully saturated rings. The van der Waals surface area contributed by atoms with Gasteiger partial charge in [-0.3, -0.25) is 0 Å². The molecular formula is C24H23N3. The van der Waals surface area contributed by atoms with Crippen molar-refractivity contribution < 1.29 is 0 Å². The zero-order valence-electron chi connectivity index (χ0n) is 15.5. The lowest BCUT2D eigenvalue weighted by Gasteiger charge is -2.18. The first-order valence-corrected chi connectivity index (χ1v) is 9.57. The highest BCUT2D eigenvalue weighted by Gasteiger charge is 2.22. The Morgan fingerprint density at radius 3 is 2.70 bits per heavy atom. The summed E-state index contributed by atoms with van der Waals surface area (Å²) in [5, 5.41) is 0. The molecular weight excluding hydrogens is 330 g/mol. The van der Waals surface area contributed by atoms with Crippen molar-refractivity contribution in [2.24, 2.45) is 0 Å². The Labute approximate surface area is 159 Å². The summed E-state index contributed by atoms with van der Waals surface area (Å²) in [6, 6.07) is 22.2. The van der Waals surface area contributed by atoms with E-state index in [4.69, 9.17) is 0 Å². The number of hydrogen-bond donors (Lipinski definition) is 0. The van der Waals surface area contributed by atoms with E-state index in [-0.39, 0.29) is 0 Å². The van der Waals surface area contributed by atoms with E-state index in [2.05, 4.69) is 88.2 Å². The van der Waals surface area contributed by atoms with Crippen LogP contribution in [0.1, 0.15) is 29.0 Å². The summed E-state index contributed by atoms with van der Waals surface area (Å²) in [6.45, 7) is 2.12. The fourth-order valence-corrected chi connectivity index (χ4v) is 4.26. The first kappa shape index (κ1) is 16.3. The molecule has 0 amide bonds. The zero-order valence-corrected chi connectivity index (χ0v) is 15.5. The second-order valence-corrected chi connectivity index (χ2v) is 7.51. The number of rotatable bonds is 2. The van der Waals surface area contributed by atoms with Gasteiger partial charge < -0.3 is 9.30 Å². The molecule has 3 nitrogen and oxygen atoms in total. The van der Waals surface area contributed by atoms with Gasteiger partial charge in [0.15, 0.2) is 0 Å². The van der Waals surface area contributed by atoms with Crippen LogP contribution in [0.25, 0.3) is 16.8 Å². The number of hydrogen-bond acceptors (Lipinski definition) is 2. The SMILES string of the molecule is CN1CCC(c2ccccc2)c2ccc(-c3ccc4nccn4c3)cc2C1. The Kier molecular flexibility index (Phi) is 4.02. The second kappa shape index (κ2) is 6.67. The maximum atomic E-state index is 4.35. The van der Waals surface area contributed by atoms with Crippen LogP contribution in [0, 0.1) is 0 Å². The van der Waals surface area contributed by atoms with E-state index >= 15 is 0 Å². The van der Waals surface area contributed by atoms with Crippen LogP contribution in [0.3, 0.4) is 0 Å². The standard InChI is InChI=1S/C24H23N3/c1-26-13-11-23(18-5-3-2-4-6-18)22-9-7-19(15-21(22)16-26)20-8-10-24-25-12-14-27(24)17-20/h2-10,12,14-15,17,23H,11,13,16H2,1H3. The number of nitrogens with zero attached hydrogens (tertiary/aromatic N) is 3. The van der Waals surface area contributed by atoms with Crippen molar-refractivity contribution in [3.8, 4) is 11.1 Å². The first-order chi connectivity index (χ1) is 13.3. The van der Waals surface area contributed by atoms with Crippen molar-refractivity contribution in [3.63, 3.8) is 0 Å². The lowest BCUT2D eigenvalue weighted by Crippen LogP contribution is -2.17. The van der Waals surface area contributed by atoms with E-state index in [1.807, 2.05) is 12.4 Å². The van der Waals surface area contributed by atoms with E-state index in [9.17, 15) is 0 Å². The Bertz CT molecular complexity index is 1080. The van der Waals surface area contributed by atoms with Crippen LogP contribution >= 0.6 is 0 Å². The van der Waals surface area contributed by atoms with Gasteiger partial charge in [0.25, 0.3) is 0 Å². The number of pyridine rings is 1. The summed E-state index contributed by atoms with van der Waals surface area (Å²) in [5.41, 5.74) is 7.81. The van der Waals surface area contributed by atoms with Crippen molar-refractivity contribution in [3.05, 3.63) is 95.9 Å². The summed E-state index contributed by atoms with van der Waals surface area (Å²) in [5.74, 6) is 0.469. The molecule has 1 aliphatic rings. The number of benzene rings is 2. The lowest BCUT2D eigenvalue weighted by molar-refractivity contribution is 0.328. The van der Waals surface area contributed by atoms with Gasteiger partial charge in [-0.1, -0.05) is 42.5 Å². The molecule has 0 spiro atoms. The predicted octanol–water partition coefficient (Wildman–Crippen LogP) is 4.97. The summed E-state index contributed by atoms with van der Waals surface area (Å²) >= 11 is 0. The molecule has 27 heavy (non-hydrogen) atoms. The van der Waals surface area contributed by atoms with Gasteiger partial charge in [0.2, 0.25) is 0 Å². The molecule has 0 saturated carbocycles. The number of aromatic nitrogens is 2. The van der Waals surface area contributed by atoms with Gasteiger partial charge in [-0.2, -0.15) is 0 Å². The predicted molar refractivity (Wildman–Crippen MR) is 110 cm³/mol.